The second kappa shape index (κ2) is 7.88. The SMILES string of the molecule is CN1CCN(C(=O)C2CCN(C(=O)c3cccc(C(F)(F)F)c3)CC2)CC1. The molecule has 2 aliphatic heterocycles. The molecule has 8 heteroatoms. The van der Waals surface area contributed by atoms with Gasteiger partial charge in [0.05, 0.1) is 5.56 Å². The van der Waals surface area contributed by atoms with E-state index >= 15 is 0 Å². The fraction of sp³-hybridized carbons (Fsp3) is 0.579. The summed E-state index contributed by atoms with van der Waals surface area (Å²) in [7, 11) is 2.03. The molecule has 2 saturated heterocycles. The van der Waals surface area contributed by atoms with E-state index in [4.69, 9.17) is 0 Å². The van der Waals surface area contributed by atoms with Gasteiger partial charge in [0.15, 0.2) is 0 Å². The molecule has 2 amide bonds. The maximum absolute atomic E-state index is 12.8. The van der Waals surface area contributed by atoms with Crippen molar-refractivity contribution in [2.75, 3.05) is 46.3 Å². The lowest BCUT2D eigenvalue weighted by Gasteiger charge is -2.37. The van der Waals surface area contributed by atoms with E-state index in [1.807, 2.05) is 11.9 Å². The van der Waals surface area contributed by atoms with Gasteiger partial charge in [0, 0.05) is 50.7 Å². The standard InChI is InChI=1S/C19H24F3N3O2/c1-23-9-11-25(12-10-23)17(26)14-5-7-24(8-6-14)18(27)15-3-2-4-16(13-15)19(20,21)22/h2-4,13-14H,5-12H2,1H3. The number of piperidine rings is 1. The monoisotopic (exact) mass is 383 g/mol. The Morgan fingerprint density at radius 2 is 1.59 bits per heavy atom. The van der Waals surface area contributed by atoms with Gasteiger partial charge in [0.2, 0.25) is 5.91 Å². The molecule has 0 radical (unpaired) electrons. The molecule has 0 spiro atoms. The molecular weight excluding hydrogens is 359 g/mol. The highest BCUT2D eigenvalue weighted by Gasteiger charge is 2.33. The number of hydrogen-bond acceptors (Lipinski definition) is 3. The van der Waals surface area contributed by atoms with Crippen molar-refractivity contribution in [1.82, 2.24) is 14.7 Å². The first-order chi connectivity index (χ1) is 12.8. The van der Waals surface area contributed by atoms with Crippen molar-refractivity contribution in [2.24, 2.45) is 5.92 Å². The maximum Gasteiger partial charge on any atom is 0.416 e. The molecular formula is C19H24F3N3O2. The first-order valence-electron chi connectivity index (χ1n) is 9.19. The number of alkyl halides is 3. The van der Waals surface area contributed by atoms with Crippen LogP contribution in [0.15, 0.2) is 24.3 Å². The van der Waals surface area contributed by atoms with Crippen LogP contribution in [0.4, 0.5) is 13.2 Å². The molecule has 0 aliphatic carbocycles. The molecule has 0 aromatic heterocycles. The van der Waals surface area contributed by atoms with Gasteiger partial charge in [-0.05, 0) is 38.1 Å². The van der Waals surface area contributed by atoms with Crippen molar-refractivity contribution in [1.29, 1.82) is 0 Å². The molecule has 2 fully saturated rings. The van der Waals surface area contributed by atoms with E-state index in [-0.39, 0.29) is 17.4 Å². The molecule has 0 N–H and O–H groups in total. The van der Waals surface area contributed by atoms with Gasteiger partial charge in [-0.25, -0.2) is 0 Å². The van der Waals surface area contributed by atoms with Gasteiger partial charge in [-0.2, -0.15) is 13.2 Å². The van der Waals surface area contributed by atoms with Crippen LogP contribution in [0.3, 0.4) is 0 Å². The number of nitrogens with zero attached hydrogens (tertiary/aromatic N) is 3. The molecule has 2 aliphatic rings. The molecule has 148 valence electrons. The van der Waals surface area contributed by atoms with E-state index in [1.165, 1.54) is 12.1 Å². The second-order valence-corrected chi connectivity index (χ2v) is 7.27. The van der Waals surface area contributed by atoms with Crippen LogP contribution in [-0.4, -0.2) is 72.8 Å². The number of hydrogen-bond donors (Lipinski definition) is 0. The molecule has 3 rings (SSSR count). The summed E-state index contributed by atoms with van der Waals surface area (Å²) in [5.41, 5.74) is -0.790. The van der Waals surface area contributed by atoms with Gasteiger partial charge >= 0.3 is 6.18 Å². The van der Waals surface area contributed by atoms with E-state index in [1.54, 1.807) is 4.90 Å². The van der Waals surface area contributed by atoms with Gasteiger partial charge in [-0.15, -0.1) is 0 Å². The van der Waals surface area contributed by atoms with Crippen LogP contribution in [0.5, 0.6) is 0 Å². The molecule has 0 saturated carbocycles. The second-order valence-electron chi connectivity index (χ2n) is 7.27. The normalized spacial score (nSPS) is 20.0. The molecule has 0 bridgehead atoms. The van der Waals surface area contributed by atoms with E-state index in [0.29, 0.717) is 25.9 Å². The average molecular weight is 383 g/mol. The number of rotatable bonds is 2. The summed E-state index contributed by atoms with van der Waals surface area (Å²) in [6.07, 6.45) is -3.37. The average Bonchev–Trinajstić information content (AvgIpc) is 2.67. The Morgan fingerprint density at radius 3 is 2.19 bits per heavy atom. The summed E-state index contributed by atoms with van der Waals surface area (Å²) in [4.78, 5) is 30.8. The number of benzene rings is 1. The number of halogens is 3. The zero-order valence-electron chi connectivity index (χ0n) is 15.3. The minimum Gasteiger partial charge on any atom is -0.340 e. The Balaban J connectivity index is 1.57. The van der Waals surface area contributed by atoms with E-state index < -0.39 is 17.6 Å². The third kappa shape index (κ3) is 4.61. The number of piperazine rings is 1. The van der Waals surface area contributed by atoms with Crippen molar-refractivity contribution >= 4 is 11.8 Å². The van der Waals surface area contributed by atoms with Crippen molar-refractivity contribution in [3.8, 4) is 0 Å². The highest BCUT2D eigenvalue weighted by molar-refractivity contribution is 5.94. The quantitative estimate of drug-likeness (QED) is 0.787. The van der Waals surface area contributed by atoms with Gasteiger partial charge in [0.25, 0.3) is 5.91 Å². The predicted molar refractivity (Wildman–Crippen MR) is 94.1 cm³/mol. The van der Waals surface area contributed by atoms with Crippen molar-refractivity contribution in [3.05, 3.63) is 35.4 Å². The number of carbonyl (C=O) groups excluding carboxylic acids is 2. The van der Waals surface area contributed by atoms with Gasteiger partial charge in [0.1, 0.15) is 0 Å². The van der Waals surface area contributed by atoms with Crippen LogP contribution in [0.2, 0.25) is 0 Å². The lowest BCUT2D eigenvalue weighted by atomic mass is 9.94. The first-order valence-corrected chi connectivity index (χ1v) is 9.19. The number of likely N-dealkylation sites (tertiary alicyclic amines) is 1. The summed E-state index contributed by atoms with van der Waals surface area (Å²) in [5.74, 6) is -0.389. The van der Waals surface area contributed by atoms with Crippen LogP contribution in [0.1, 0.15) is 28.8 Å². The summed E-state index contributed by atoms with van der Waals surface area (Å²) < 4.78 is 38.5. The van der Waals surface area contributed by atoms with Crippen molar-refractivity contribution in [2.45, 2.75) is 19.0 Å². The van der Waals surface area contributed by atoms with Gasteiger partial charge in [-0.1, -0.05) is 6.07 Å². The van der Waals surface area contributed by atoms with Crippen LogP contribution in [-0.2, 0) is 11.0 Å². The largest absolute Gasteiger partial charge is 0.416 e. The first kappa shape index (κ1) is 19.7. The Labute approximate surface area is 156 Å². The fourth-order valence-corrected chi connectivity index (χ4v) is 3.63. The minimum atomic E-state index is -4.47. The predicted octanol–water partition coefficient (Wildman–Crippen LogP) is 2.33. The summed E-state index contributed by atoms with van der Waals surface area (Å²) in [6.45, 7) is 3.94. The lowest BCUT2D eigenvalue weighted by molar-refractivity contribution is -0.139. The van der Waals surface area contributed by atoms with Gasteiger partial charge in [-0.3, -0.25) is 9.59 Å². The van der Waals surface area contributed by atoms with Crippen molar-refractivity contribution in [3.63, 3.8) is 0 Å². The van der Waals surface area contributed by atoms with Gasteiger partial charge < -0.3 is 14.7 Å². The fourth-order valence-electron chi connectivity index (χ4n) is 3.63. The molecule has 2 heterocycles. The Bertz CT molecular complexity index is 692. The highest BCUT2D eigenvalue weighted by Crippen LogP contribution is 2.30. The van der Waals surface area contributed by atoms with E-state index in [0.717, 1.165) is 38.3 Å². The van der Waals surface area contributed by atoms with Crippen LogP contribution >= 0.6 is 0 Å². The van der Waals surface area contributed by atoms with E-state index in [9.17, 15) is 22.8 Å². The molecule has 1 aromatic carbocycles. The topological polar surface area (TPSA) is 43.9 Å². The summed E-state index contributed by atoms with van der Waals surface area (Å²) in [5, 5.41) is 0. The Hall–Kier alpha value is -2.09. The highest BCUT2D eigenvalue weighted by atomic mass is 19.4. The lowest BCUT2D eigenvalue weighted by Crippen LogP contribution is -2.51. The zero-order chi connectivity index (χ0) is 19.6. The van der Waals surface area contributed by atoms with Crippen molar-refractivity contribution < 1.29 is 22.8 Å². The minimum absolute atomic E-state index is 0.0358. The third-order valence-electron chi connectivity index (χ3n) is 5.38. The Morgan fingerprint density at radius 1 is 0.963 bits per heavy atom. The summed E-state index contributed by atoms with van der Waals surface area (Å²) >= 11 is 0. The number of amides is 2. The number of likely N-dealkylation sites (N-methyl/N-ethyl adjacent to an activating group) is 1. The Kier molecular flexibility index (Phi) is 5.74. The summed E-state index contributed by atoms with van der Waals surface area (Å²) in [6, 6.07) is 4.50. The van der Waals surface area contributed by atoms with Crippen LogP contribution in [0, 0.1) is 5.92 Å². The molecule has 5 nitrogen and oxygen atoms in total. The zero-order valence-corrected chi connectivity index (χ0v) is 15.3. The molecule has 0 unspecified atom stereocenters. The third-order valence-corrected chi connectivity index (χ3v) is 5.38. The van der Waals surface area contributed by atoms with E-state index in [2.05, 4.69) is 4.90 Å². The maximum atomic E-state index is 12.8. The molecule has 1 aromatic rings. The molecule has 0 atom stereocenters. The molecule has 27 heavy (non-hydrogen) atoms. The van der Waals surface area contributed by atoms with Crippen LogP contribution < -0.4 is 0 Å². The smallest absolute Gasteiger partial charge is 0.340 e. The van der Waals surface area contributed by atoms with Crippen LogP contribution in [0.25, 0.3) is 0 Å². The number of carbonyl (C=O) groups is 2.